The fourth-order valence-electron chi connectivity index (χ4n) is 3.24. The number of rotatable bonds is 3. The van der Waals surface area contributed by atoms with E-state index in [1.54, 1.807) is 12.1 Å². The second-order valence-corrected chi connectivity index (χ2v) is 6.66. The summed E-state index contributed by atoms with van der Waals surface area (Å²) in [5, 5.41) is 7.35. The number of hydrogen-bond acceptors (Lipinski definition) is 1. The highest BCUT2D eigenvalue weighted by atomic mass is 35.5. The molecule has 2 nitrogen and oxygen atoms in total. The first kappa shape index (κ1) is 14.1. The normalized spacial score (nSPS) is 20.7. The van der Waals surface area contributed by atoms with Crippen molar-refractivity contribution in [2.24, 2.45) is 5.92 Å². The maximum Gasteiger partial charge on any atom is 0.171 e. The van der Waals surface area contributed by atoms with Crippen LogP contribution in [0.4, 0.5) is 10.1 Å². The van der Waals surface area contributed by atoms with Crippen molar-refractivity contribution >= 4 is 34.6 Å². The van der Waals surface area contributed by atoms with E-state index in [4.69, 9.17) is 23.8 Å². The van der Waals surface area contributed by atoms with Crippen molar-refractivity contribution in [1.82, 2.24) is 5.32 Å². The van der Waals surface area contributed by atoms with Crippen LogP contribution in [0.5, 0.6) is 0 Å². The molecular weight excluding hydrogens is 295 g/mol. The minimum absolute atomic E-state index is 0.107. The van der Waals surface area contributed by atoms with Gasteiger partial charge in [-0.15, -0.1) is 0 Å². The number of anilines is 1. The van der Waals surface area contributed by atoms with Crippen molar-refractivity contribution in [1.29, 1.82) is 0 Å². The Bertz CT molecular complexity index is 525. The zero-order chi connectivity index (χ0) is 14.2. The summed E-state index contributed by atoms with van der Waals surface area (Å²) in [4.78, 5) is 0. The summed E-state index contributed by atoms with van der Waals surface area (Å²) >= 11 is 11.2. The van der Waals surface area contributed by atoms with E-state index in [1.165, 1.54) is 44.6 Å². The van der Waals surface area contributed by atoms with Gasteiger partial charge in [-0.25, -0.2) is 4.39 Å². The van der Waals surface area contributed by atoms with E-state index < -0.39 is 5.82 Å². The molecule has 0 aromatic heterocycles. The van der Waals surface area contributed by atoms with E-state index in [0.717, 1.165) is 11.6 Å². The van der Waals surface area contributed by atoms with Gasteiger partial charge in [-0.1, -0.05) is 24.4 Å². The SMILES string of the molecule is Fc1ccc(NC(=S)NC2(C3CC3)CCCC2)cc1Cl. The molecule has 0 unspecified atom stereocenters. The molecule has 2 saturated carbocycles. The molecule has 1 aromatic rings. The van der Waals surface area contributed by atoms with E-state index >= 15 is 0 Å². The maximum absolute atomic E-state index is 13.1. The van der Waals surface area contributed by atoms with Gasteiger partial charge >= 0.3 is 0 Å². The highest BCUT2D eigenvalue weighted by Gasteiger charge is 2.47. The van der Waals surface area contributed by atoms with Crippen LogP contribution in [-0.2, 0) is 0 Å². The number of nitrogens with one attached hydrogen (secondary N) is 2. The molecule has 2 aliphatic carbocycles. The van der Waals surface area contributed by atoms with Crippen LogP contribution >= 0.6 is 23.8 Å². The fraction of sp³-hybridized carbons (Fsp3) is 0.533. The topological polar surface area (TPSA) is 24.1 Å². The largest absolute Gasteiger partial charge is 0.357 e. The summed E-state index contributed by atoms with van der Waals surface area (Å²) in [5.74, 6) is 0.350. The monoisotopic (exact) mass is 312 g/mol. The van der Waals surface area contributed by atoms with Gasteiger partial charge in [0.05, 0.1) is 5.02 Å². The molecule has 0 amide bonds. The molecule has 0 bridgehead atoms. The molecule has 20 heavy (non-hydrogen) atoms. The first-order chi connectivity index (χ1) is 9.59. The third-order valence-corrected chi connectivity index (χ3v) is 4.89. The Morgan fingerprint density at radius 1 is 1.30 bits per heavy atom. The second-order valence-electron chi connectivity index (χ2n) is 5.85. The summed E-state index contributed by atoms with van der Waals surface area (Å²) in [6.45, 7) is 0. The Balaban J connectivity index is 1.65. The van der Waals surface area contributed by atoms with Crippen molar-refractivity contribution in [3.63, 3.8) is 0 Å². The van der Waals surface area contributed by atoms with Crippen LogP contribution in [0.3, 0.4) is 0 Å². The van der Waals surface area contributed by atoms with Crippen LogP contribution < -0.4 is 10.6 Å². The van der Waals surface area contributed by atoms with Gasteiger partial charge in [0.2, 0.25) is 0 Å². The standard InChI is InChI=1S/C15H18ClFN2S/c16-12-9-11(5-6-13(12)17)18-14(20)19-15(10-3-4-10)7-1-2-8-15/h5-6,9-10H,1-4,7-8H2,(H2,18,19,20). The molecule has 2 aliphatic rings. The van der Waals surface area contributed by atoms with Crippen molar-refractivity contribution in [2.45, 2.75) is 44.1 Å². The molecule has 108 valence electrons. The number of thiocarbonyl (C=S) groups is 1. The molecule has 2 fully saturated rings. The Morgan fingerprint density at radius 3 is 2.60 bits per heavy atom. The van der Waals surface area contributed by atoms with E-state index in [-0.39, 0.29) is 10.6 Å². The van der Waals surface area contributed by atoms with E-state index in [9.17, 15) is 4.39 Å². The first-order valence-corrected chi connectivity index (χ1v) is 7.92. The number of halogens is 2. The lowest BCUT2D eigenvalue weighted by atomic mass is 9.91. The average Bonchev–Trinajstić information content (AvgIpc) is 3.16. The van der Waals surface area contributed by atoms with Crippen LogP contribution in [0.2, 0.25) is 5.02 Å². The van der Waals surface area contributed by atoms with Crippen LogP contribution in [0.1, 0.15) is 38.5 Å². The summed E-state index contributed by atoms with van der Waals surface area (Å²) in [5.41, 5.74) is 0.909. The average molecular weight is 313 g/mol. The van der Waals surface area contributed by atoms with Crippen LogP contribution in [0, 0.1) is 11.7 Å². The van der Waals surface area contributed by atoms with Gasteiger partial charge in [0.25, 0.3) is 0 Å². The smallest absolute Gasteiger partial charge is 0.171 e. The van der Waals surface area contributed by atoms with E-state index in [1.807, 2.05) is 0 Å². The lowest BCUT2D eigenvalue weighted by Gasteiger charge is -2.32. The molecular formula is C15H18ClFN2S. The lowest BCUT2D eigenvalue weighted by molar-refractivity contribution is 0.340. The predicted molar refractivity (Wildman–Crippen MR) is 84.7 cm³/mol. The molecule has 0 spiro atoms. The zero-order valence-electron chi connectivity index (χ0n) is 11.2. The summed E-state index contributed by atoms with van der Waals surface area (Å²) < 4.78 is 13.1. The molecule has 5 heteroatoms. The summed E-state index contributed by atoms with van der Waals surface area (Å²) in [6, 6.07) is 4.55. The molecule has 0 heterocycles. The van der Waals surface area contributed by atoms with Gasteiger partial charge in [0, 0.05) is 11.2 Å². The van der Waals surface area contributed by atoms with Crippen LogP contribution in [-0.4, -0.2) is 10.7 Å². The molecule has 1 aromatic carbocycles. The van der Waals surface area contributed by atoms with Crippen molar-refractivity contribution < 1.29 is 4.39 Å². The third kappa shape index (κ3) is 2.91. The number of hydrogen-bond donors (Lipinski definition) is 2. The Labute approximate surface area is 129 Å². The van der Waals surface area contributed by atoms with E-state index in [2.05, 4.69) is 10.6 Å². The Morgan fingerprint density at radius 2 is 2.00 bits per heavy atom. The maximum atomic E-state index is 13.1. The second kappa shape index (κ2) is 5.49. The predicted octanol–water partition coefficient (Wildman–Crippen LogP) is 4.49. The fourth-order valence-corrected chi connectivity index (χ4v) is 3.74. The van der Waals surface area contributed by atoms with E-state index in [0.29, 0.717) is 5.11 Å². The van der Waals surface area contributed by atoms with Crippen LogP contribution in [0.25, 0.3) is 0 Å². The Kier molecular flexibility index (Phi) is 3.87. The Hall–Kier alpha value is -0.870. The van der Waals surface area contributed by atoms with Gasteiger partial charge in [-0.3, -0.25) is 0 Å². The lowest BCUT2D eigenvalue weighted by Crippen LogP contribution is -2.49. The summed E-state index contributed by atoms with van der Waals surface area (Å²) in [6.07, 6.45) is 7.55. The van der Waals surface area contributed by atoms with Crippen molar-refractivity contribution in [3.05, 3.63) is 29.0 Å². The van der Waals surface area contributed by atoms with Gasteiger partial charge in [0.15, 0.2) is 5.11 Å². The molecule has 0 saturated heterocycles. The van der Waals surface area contributed by atoms with Crippen molar-refractivity contribution in [3.8, 4) is 0 Å². The highest BCUT2D eigenvalue weighted by molar-refractivity contribution is 7.80. The van der Waals surface area contributed by atoms with Gasteiger partial charge in [0.1, 0.15) is 5.82 Å². The third-order valence-electron chi connectivity index (χ3n) is 4.39. The van der Waals surface area contributed by atoms with Gasteiger partial charge < -0.3 is 10.6 Å². The van der Waals surface area contributed by atoms with Gasteiger partial charge in [-0.05, 0) is 62.0 Å². The van der Waals surface area contributed by atoms with Crippen molar-refractivity contribution in [2.75, 3.05) is 5.32 Å². The molecule has 0 radical (unpaired) electrons. The molecule has 3 rings (SSSR count). The molecule has 0 aliphatic heterocycles. The zero-order valence-corrected chi connectivity index (χ0v) is 12.8. The van der Waals surface area contributed by atoms with Crippen LogP contribution in [0.15, 0.2) is 18.2 Å². The molecule has 0 atom stereocenters. The minimum Gasteiger partial charge on any atom is -0.357 e. The molecule has 2 N–H and O–H groups in total. The van der Waals surface area contributed by atoms with Gasteiger partial charge in [-0.2, -0.15) is 0 Å². The quantitative estimate of drug-likeness (QED) is 0.804. The first-order valence-electron chi connectivity index (χ1n) is 7.13. The minimum atomic E-state index is -0.415. The number of benzene rings is 1. The highest BCUT2D eigenvalue weighted by Crippen LogP contribution is 2.48. The summed E-state index contributed by atoms with van der Waals surface area (Å²) in [7, 11) is 0.